The maximum Gasteiger partial charge on any atom is 0.184 e. The Kier molecular flexibility index (Phi) is 2.26. The minimum absolute atomic E-state index is 0.324. The third-order valence-corrected chi connectivity index (χ3v) is 2.82. The van der Waals surface area contributed by atoms with E-state index in [4.69, 9.17) is 12.2 Å². The summed E-state index contributed by atoms with van der Waals surface area (Å²) in [6, 6.07) is 10.1. The van der Waals surface area contributed by atoms with Gasteiger partial charge in [0, 0.05) is 6.20 Å². The molecule has 5 heteroatoms. The van der Waals surface area contributed by atoms with E-state index in [9.17, 15) is 4.39 Å². The fraction of sp³-hybridized carbons (Fsp3) is 0. The van der Waals surface area contributed by atoms with E-state index in [2.05, 4.69) is 9.97 Å². The number of imidazole rings is 1. The third-order valence-electron chi connectivity index (χ3n) is 2.54. The summed E-state index contributed by atoms with van der Waals surface area (Å²) in [5.41, 5.74) is 1.82. The van der Waals surface area contributed by atoms with Crippen molar-refractivity contribution in [2.75, 3.05) is 0 Å². The number of nitrogens with zero attached hydrogens (tertiary/aromatic N) is 2. The Bertz CT molecular complexity index is 745. The molecule has 0 bridgehead atoms. The van der Waals surface area contributed by atoms with Gasteiger partial charge in [-0.2, -0.15) is 0 Å². The monoisotopic (exact) mass is 245 g/mol. The van der Waals surface area contributed by atoms with Gasteiger partial charge in [-0.3, -0.25) is 4.57 Å². The number of aromatic nitrogens is 3. The molecule has 0 radical (unpaired) electrons. The summed E-state index contributed by atoms with van der Waals surface area (Å²) in [5.74, 6) is -0.324. The van der Waals surface area contributed by atoms with Gasteiger partial charge in [0.05, 0.1) is 11.2 Å². The highest BCUT2D eigenvalue weighted by Crippen LogP contribution is 2.19. The molecule has 84 valence electrons. The lowest BCUT2D eigenvalue weighted by Gasteiger charge is -2.04. The van der Waals surface area contributed by atoms with Crippen molar-refractivity contribution in [3.05, 3.63) is 53.2 Å². The molecule has 0 saturated heterocycles. The molecule has 1 N–H and O–H groups in total. The number of H-pyrrole nitrogens is 1. The summed E-state index contributed by atoms with van der Waals surface area (Å²) < 4.78 is 15.8. The van der Waals surface area contributed by atoms with Crippen molar-refractivity contribution in [2.24, 2.45) is 0 Å². The van der Waals surface area contributed by atoms with Crippen LogP contribution in [-0.4, -0.2) is 14.5 Å². The van der Waals surface area contributed by atoms with Gasteiger partial charge in [-0.25, -0.2) is 9.37 Å². The molecule has 0 aliphatic heterocycles. The molecule has 0 atom stereocenters. The predicted molar refractivity (Wildman–Crippen MR) is 66.2 cm³/mol. The summed E-state index contributed by atoms with van der Waals surface area (Å²) >= 11 is 5.20. The van der Waals surface area contributed by atoms with Crippen LogP contribution in [0.15, 0.2) is 42.6 Å². The van der Waals surface area contributed by atoms with Crippen molar-refractivity contribution in [3.63, 3.8) is 0 Å². The Morgan fingerprint density at radius 1 is 1.18 bits per heavy atom. The molecule has 0 spiro atoms. The largest absolute Gasteiger partial charge is 0.329 e. The first-order valence-corrected chi connectivity index (χ1v) is 5.49. The summed E-state index contributed by atoms with van der Waals surface area (Å²) in [6.45, 7) is 0. The molecule has 3 nitrogen and oxygen atoms in total. The van der Waals surface area contributed by atoms with Gasteiger partial charge in [0.15, 0.2) is 10.4 Å². The summed E-state index contributed by atoms with van der Waals surface area (Å²) in [7, 11) is 0. The van der Waals surface area contributed by atoms with Gasteiger partial charge in [0.25, 0.3) is 0 Å². The van der Waals surface area contributed by atoms with Crippen molar-refractivity contribution >= 4 is 23.4 Å². The zero-order valence-electron chi connectivity index (χ0n) is 8.72. The number of hydrogen-bond acceptors (Lipinski definition) is 2. The number of nitrogens with one attached hydrogen (secondary N) is 1. The molecule has 17 heavy (non-hydrogen) atoms. The number of halogens is 1. The second-order valence-corrected chi connectivity index (χ2v) is 3.98. The van der Waals surface area contributed by atoms with Crippen LogP contribution >= 0.6 is 12.2 Å². The first-order chi connectivity index (χ1) is 8.27. The molecule has 3 rings (SSSR count). The van der Waals surface area contributed by atoms with E-state index in [0.29, 0.717) is 16.1 Å². The molecule has 2 heterocycles. The normalized spacial score (nSPS) is 10.9. The summed E-state index contributed by atoms with van der Waals surface area (Å²) in [4.78, 5) is 7.22. The smallest absolute Gasteiger partial charge is 0.184 e. The number of hydrogen-bond donors (Lipinski definition) is 1. The molecule has 0 aliphatic rings. The fourth-order valence-corrected chi connectivity index (χ4v) is 2.09. The van der Waals surface area contributed by atoms with Crippen LogP contribution in [0, 0.1) is 10.6 Å². The quantitative estimate of drug-likeness (QED) is 0.668. The lowest BCUT2D eigenvalue weighted by Crippen LogP contribution is -1.98. The van der Waals surface area contributed by atoms with Gasteiger partial charge in [-0.1, -0.05) is 12.1 Å². The van der Waals surface area contributed by atoms with Crippen molar-refractivity contribution in [2.45, 2.75) is 0 Å². The van der Waals surface area contributed by atoms with Crippen molar-refractivity contribution in [1.82, 2.24) is 14.5 Å². The number of pyridine rings is 1. The molecule has 3 aromatic rings. The van der Waals surface area contributed by atoms with E-state index >= 15 is 0 Å². The lowest BCUT2D eigenvalue weighted by atomic mass is 10.3. The lowest BCUT2D eigenvalue weighted by molar-refractivity contribution is 0.618. The number of fused-ring (bicyclic) bond motifs is 1. The van der Waals surface area contributed by atoms with E-state index in [-0.39, 0.29) is 5.82 Å². The van der Waals surface area contributed by atoms with Gasteiger partial charge in [-0.05, 0) is 36.5 Å². The van der Waals surface area contributed by atoms with Crippen LogP contribution in [-0.2, 0) is 0 Å². The SMILES string of the molecule is Fc1ccccc1-n1c(=S)[nH]c2cccnc21. The van der Waals surface area contributed by atoms with E-state index < -0.39 is 0 Å². The Morgan fingerprint density at radius 3 is 2.82 bits per heavy atom. The molecule has 0 unspecified atom stereocenters. The van der Waals surface area contributed by atoms with Gasteiger partial charge >= 0.3 is 0 Å². The highest BCUT2D eigenvalue weighted by molar-refractivity contribution is 7.71. The van der Waals surface area contributed by atoms with Crippen molar-refractivity contribution in [1.29, 1.82) is 0 Å². The molecule has 2 aromatic heterocycles. The second kappa shape index (κ2) is 3.78. The Labute approximate surface area is 102 Å². The molecular formula is C12H8FN3S. The molecular weight excluding hydrogens is 237 g/mol. The van der Waals surface area contributed by atoms with Crippen LogP contribution in [0.2, 0.25) is 0 Å². The Balaban J connectivity index is 2.42. The molecule has 0 amide bonds. The Hall–Kier alpha value is -2.01. The third kappa shape index (κ3) is 1.55. The van der Waals surface area contributed by atoms with Gasteiger partial charge in [0.1, 0.15) is 5.82 Å². The standard InChI is InChI=1S/C12H8FN3S/c13-8-4-1-2-6-10(8)16-11-9(15-12(16)17)5-3-7-14-11/h1-7H,(H,15,17). The van der Waals surface area contributed by atoms with Crippen LogP contribution < -0.4 is 0 Å². The highest BCUT2D eigenvalue weighted by atomic mass is 32.1. The second-order valence-electron chi connectivity index (χ2n) is 3.59. The van der Waals surface area contributed by atoms with Gasteiger partial charge < -0.3 is 4.98 Å². The first kappa shape index (κ1) is 10.2. The summed E-state index contributed by atoms with van der Waals surface area (Å²) in [5, 5.41) is 0. The molecule has 0 fully saturated rings. The molecule has 0 aliphatic carbocycles. The van der Waals surface area contributed by atoms with E-state index in [1.54, 1.807) is 35.0 Å². The van der Waals surface area contributed by atoms with Gasteiger partial charge in [-0.15, -0.1) is 0 Å². The van der Waals surface area contributed by atoms with Gasteiger partial charge in [0.2, 0.25) is 0 Å². The average Bonchev–Trinajstić information content (AvgIpc) is 2.66. The maximum absolute atomic E-state index is 13.8. The maximum atomic E-state index is 13.8. The van der Waals surface area contributed by atoms with E-state index in [1.807, 2.05) is 6.07 Å². The van der Waals surface area contributed by atoms with Crippen molar-refractivity contribution in [3.8, 4) is 5.69 Å². The number of para-hydroxylation sites is 1. The molecule has 0 saturated carbocycles. The molecule has 1 aromatic carbocycles. The highest BCUT2D eigenvalue weighted by Gasteiger charge is 2.10. The van der Waals surface area contributed by atoms with Crippen LogP contribution in [0.5, 0.6) is 0 Å². The van der Waals surface area contributed by atoms with Crippen molar-refractivity contribution < 1.29 is 4.39 Å². The number of rotatable bonds is 1. The zero-order chi connectivity index (χ0) is 11.8. The van der Waals surface area contributed by atoms with E-state index in [0.717, 1.165) is 5.52 Å². The average molecular weight is 245 g/mol. The Morgan fingerprint density at radius 2 is 2.00 bits per heavy atom. The topological polar surface area (TPSA) is 33.6 Å². The summed E-state index contributed by atoms with van der Waals surface area (Å²) in [6.07, 6.45) is 1.66. The van der Waals surface area contributed by atoms with Crippen LogP contribution in [0.3, 0.4) is 0 Å². The van der Waals surface area contributed by atoms with Crippen LogP contribution in [0.1, 0.15) is 0 Å². The minimum atomic E-state index is -0.324. The van der Waals surface area contributed by atoms with Crippen LogP contribution in [0.4, 0.5) is 4.39 Å². The first-order valence-electron chi connectivity index (χ1n) is 5.08. The zero-order valence-corrected chi connectivity index (χ0v) is 9.54. The minimum Gasteiger partial charge on any atom is -0.329 e. The predicted octanol–water partition coefficient (Wildman–Crippen LogP) is 3.22. The number of aromatic amines is 1. The van der Waals surface area contributed by atoms with E-state index in [1.165, 1.54) is 6.07 Å². The number of benzene rings is 1. The van der Waals surface area contributed by atoms with Crippen LogP contribution in [0.25, 0.3) is 16.9 Å². The fourth-order valence-electron chi connectivity index (χ4n) is 1.80.